The van der Waals surface area contributed by atoms with Crippen LogP contribution in [0.2, 0.25) is 0 Å². The Hall–Kier alpha value is -1.81. The molecule has 22 heavy (non-hydrogen) atoms. The van der Waals surface area contributed by atoms with E-state index in [1.165, 1.54) is 10.5 Å². The number of nitrogens with zero attached hydrogens (tertiary/aromatic N) is 1. The van der Waals surface area contributed by atoms with Crippen molar-refractivity contribution >= 4 is 5.91 Å². The minimum atomic E-state index is -0.437. The standard InChI is InChI=1S/C18H26N2O2/c1-4-10-19-11-13-20(14-12-19)18(21)15(3)22-17-8-6-16(5-2)7-9-17/h4,6-9,15H,1,5,10-14H2,2-3H3/p+1/t15-/m1/s1. The van der Waals surface area contributed by atoms with Crippen molar-refractivity contribution in [1.82, 2.24) is 4.90 Å². The van der Waals surface area contributed by atoms with Crippen LogP contribution in [0.4, 0.5) is 0 Å². The number of carbonyl (C=O) groups excluding carboxylic acids is 1. The second-order valence-corrected chi connectivity index (χ2v) is 5.83. The fraction of sp³-hybridized carbons (Fsp3) is 0.500. The average Bonchev–Trinajstić information content (AvgIpc) is 2.56. The molecule has 1 heterocycles. The topological polar surface area (TPSA) is 34.0 Å². The molecular formula is C18H27N2O2+. The second kappa shape index (κ2) is 7.99. The molecule has 1 saturated heterocycles. The molecule has 1 amide bonds. The monoisotopic (exact) mass is 303 g/mol. The Labute approximate surface area is 133 Å². The summed E-state index contributed by atoms with van der Waals surface area (Å²) in [7, 11) is 0. The Balaban J connectivity index is 1.85. The zero-order chi connectivity index (χ0) is 15.9. The summed E-state index contributed by atoms with van der Waals surface area (Å²) < 4.78 is 5.79. The molecule has 120 valence electrons. The number of benzene rings is 1. The van der Waals surface area contributed by atoms with Crippen LogP contribution in [-0.2, 0) is 11.2 Å². The van der Waals surface area contributed by atoms with Gasteiger partial charge in [-0.3, -0.25) is 4.79 Å². The van der Waals surface area contributed by atoms with Crippen molar-refractivity contribution in [1.29, 1.82) is 0 Å². The fourth-order valence-electron chi connectivity index (χ4n) is 2.77. The van der Waals surface area contributed by atoms with Crippen LogP contribution in [0.5, 0.6) is 5.75 Å². The van der Waals surface area contributed by atoms with Gasteiger partial charge in [-0.15, -0.1) is 0 Å². The number of aryl methyl sites for hydroxylation is 1. The van der Waals surface area contributed by atoms with E-state index in [4.69, 9.17) is 4.74 Å². The van der Waals surface area contributed by atoms with Crippen molar-refractivity contribution < 1.29 is 14.4 Å². The van der Waals surface area contributed by atoms with E-state index >= 15 is 0 Å². The van der Waals surface area contributed by atoms with E-state index in [2.05, 4.69) is 13.5 Å². The third-order valence-corrected chi connectivity index (χ3v) is 4.21. The van der Waals surface area contributed by atoms with Gasteiger partial charge in [-0.2, -0.15) is 0 Å². The molecule has 1 aromatic carbocycles. The Kier molecular flexibility index (Phi) is 6.01. The first-order chi connectivity index (χ1) is 10.6. The third-order valence-electron chi connectivity index (χ3n) is 4.21. The third kappa shape index (κ3) is 4.34. The summed E-state index contributed by atoms with van der Waals surface area (Å²) >= 11 is 0. The van der Waals surface area contributed by atoms with E-state index < -0.39 is 6.10 Å². The normalized spacial score (nSPS) is 17.1. The number of piperazine rings is 1. The van der Waals surface area contributed by atoms with Crippen LogP contribution >= 0.6 is 0 Å². The highest BCUT2D eigenvalue weighted by molar-refractivity contribution is 5.81. The number of nitrogens with one attached hydrogen (secondary N) is 1. The maximum absolute atomic E-state index is 12.5. The number of hydrogen-bond donors (Lipinski definition) is 1. The predicted octanol–water partition coefficient (Wildman–Crippen LogP) is 0.929. The molecule has 0 spiro atoms. The molecule has 1 atom stereocenters. The van der Waals surface area contributed by atoms with E-state index in [0.29, 0.717) is 0 Å². The number of quaternary nitrogens is 1. The van der Waals surface area contributed by atoms with Gasteiger partial charge in [-0.05, 0) is 37.1 Å². The largest absolute Gasteiger partial charge is 0.481 e. The smallest absolute Gasteiger partial charge is 0.263 e. The van der Waals surface area contributed by atoms with Gasteiger partial charge in [-0.1, -0.05) is 25.6 Å². The SMILES string of the molecule is C=CC[NH+]1CCN(C(=O)[C@@H](C)Oc2ccc(CC)cc2)CC1. The first-order valence-electron chi connectivity index (χ1n) is 8.13. The van der Waals surface area contributed by atoms with Gasteiger partial charge in [0.2, 0.25) is 0 Å². The Morgan fingerprint density at radius 3 is 2.55 bits per heavy atom. The van der Waals surface area contributed by atoms with Gasteiger partial charge in [0.25, 0.3) is 5.91 Å². The first-order valence-corrected chi connectivity index (χ1v) is 8.13. The van der Waals surface area contributed by atoms with Crippen LogP contribution in [0.1, 0.15) is 19.4 Å². The van der Waals surface area contributed by atoms with Crippen molar-refractivity contribution in [2.24, 2.45) is 0 Å². The summed E-state index contributed by atoms with van der Waals surface area (Å²) in [5.74, 6) is 0.839. The molecule has 2 rings (SSSR count). The lowest BCUT2D eigenvalue weighted by molar-refractivity contribution is -0.898. The lowest BCUT2D eigenvalue weighted by atomic mass is 10.2. The Bertz CT molecular complexity index is 490. The molecule has 0 bridgehead atoms. The van der Waals surface area contributed by atoms with E-state index in [9.17, 15) is 4.79 Å². The van der Waals surface area contributed by atoms with E-state index in [1.807, 2.05) is 42.2 Å². The lowest BCUT2D eigenvalue weighted by Gasteiger charge is -2.33. The molecule has 1 aliphatic rings. The quantitative estimate of drug-likeness (QED) is 0.793. The maximum Gasteiger partial charge on any atom is 0.263 e. The molecule has 0 unspecified atom stereocenters. The summed E-state index contributed by atoms with van der Waals surface area (Å²) in [5, 5.41) is 0. The molecule has 1 aromatic rings. The van der Waals surface area contributed by atoms with Crippen molar-refractivity contribution in [3.63, 3.8) is 0 Å². The van der Waals surface area contributed by atoms with Gasteiger partial charge in [0.15, 0.2) is 6.10 Å². The zero-order valence-corrected chi connectivity index (χ0v) is 13.7. The fourth-order valence-corrected chi connectivity index (χ4v) is 2.77. The van der Waals surface area contributed by atoms with Gasteiger partial charge in [-0.25, -0.2) is 0 Å². The molecule has 1 N–H and O–H groups in total. The van der Waals surface area contributed by atoms with Crippen molar-refractivity contribution in [3.8, 4) is 5.75 Å². The van der Waals surface area contributed by atoms with Crippen molar-refractivity contribution in [2.75, 3.05) is 32.7 Å². The first kappa shape index (κ1) is 16.6. The summed E-state index contributed by atoms with van der Waals surface area (Å²) in [4.78, 5) is 15.9. The summed E-state index contributed by atoms with van der Waals surface area (Å²) in [6.45, 7) is 12.3. The molecule has 0 aromatic heterocycles. The maximum atomic E-state index is 12.5. The van der Waals surface area contributed by atoms with Crippen LogP contribution in [-0.4, -0.2) is 49.6 Å². The van der Waals surface area contributed by atoms with Gasteiger partial charge in [0, 0.05) is 0 Å². The minimum absolute atomic E-state index is 0.0808. The summed E-state index contributed by atoms with van der Waals surface area (Å²) in [5.41, 5.74) is 1.27. The summed E-state index contributed by atoms with van der Waals surface area (Å²) in [6.07, 6.45) is 2.51. The van der Waals surface area contributed by atoms with Crippen LogP contribution < -0.4 is 9.64 Å². The Morgan fingerprint density at radius 2 is 2.00 bits per heavy atom. The molecule has 0 saturated carbocycles. The van der Waals surface area contributed by atoms with Gasteiger partial charge in [0.05, 0.1) is 32.7 Å². The highest BCUT2D eigenvalue weighted by atomic mass is 16.5. The number of ether oxygens (including phenoxy) is 1. The highest BCUT2D eigenvalue weighted by Crippen LogP contribution is 2.15. The van der Waals surface area contributed by atoms with Crippen LogP contribution in [0, 0.1) is 0 Å². The van der Waals surface area contributed by atoms with Crippen LogP contribution in [0.25, 0.3) is 0 Å². The lowest BCUT2D eigenvalue weighted by Crippen LogP contribution is -3.14. The van der Waals surface area contributed by atoms with E-state index in [1.54, 1.807) is 0 Å². The van der Waals surface area contributed by atoms with Crippen LogP contribution in [0.15, 0.2) is 36.9 Å². The van der Waals surface area contributed by atoms with Gasteiger partial charge < -0.3 is 14.5 Å². The number of carbonyl (C=O) groups is 1. The zero-order valence-electron chi connectivity index (χ0n) is 13.7. The molecule has 4 heteroatoms. The van der Waals surface area contributed by atoms with Gasteiger partial charge in [0.1, 0.15) is 5.75 Å². The van der Waals surface area contributed by atoms with Crippen molar-refractivity contribution in [3.05, 3.63) is 42.5 Å². The average molecular weight is 303 g/mol. The molecule has 1 aliphatic heterocycles. The second-order valence-electron chi connectivity index (χ2n) is 5.83. The minimum Gasteiger partial charge on any atom is -0.481 e. The summed E-state index contributed by atoms with van der Waals surface area (Å²) in [6, 6.07) is 7.97. The van der Waals surface area contributed by atoms with Crippen molar-refractivity contribution in [2.45, 2.75) is 26.4 Å². The molecule has 0 radical (unpaired) electrons. The molecule has 4 nitrogen and oxygen atoms in total. The van der Waals surface area contributed by atoms with E-state index in [-0.39, 0.29) is 5.91 Å². The number of amides is 1. The predicted molar refractivity (Wildman–Crippen MR) is 88.3 cm³/mol. The van der Waals surface area contributed by atoms with Gasteiger partial charge >= 0.3 is 0 Å². The Morgan fingerprint density at radius 1 is 1.36 bits per heavy atom. The highest BCUT2D eigenvalue weighted by Gasteiger charge is 2.27. The van der Waals surface area contributed by atoms with Crippen LogP contribution in [0.3, 0.4) is 0 Å². The molecule has 1 fully saturated rings. The molecule has 0 aliphatic carbocycles. The number of hydrogen-bond acceptors (Lipinski definition) is 2. The number of rotatable bonds is 6. The van der Waals surface area contributed by atoms with E-state index in [0.717, 1.165) is 44.9 Å². The molecular weight excluding hydrogens is 276 g/mol.